The SMILES string of the molecule is COc1cc(C(=O)O[C@@H]2C/C=C(\C)CCCC(C)(C)[C@@H](O)/C=C/2C)ccc1O. The van der Waals surface area contributed by atoms with Crippen molar-refractivity contribution in [3.8, 4) is 11.5 Å². The number of benzene rings is 1. The molecule has 5 nitrogen and oxygen atoms in total. The molecule has 0 unspecified atom stereocenters. The third-order valence-electron chi connectivity index (χ3n) is 5.47. The maximum Gasteiger partial charge on any atom is 0.338 e. The molecule has 0 spiro atoms. The molecule has 1 aromatic carbocycles. The van der Waals surface area contributed by atoms with Gasteiger partial charge in [-0.2, -0.15) is 0 Å². The van der Waals surface area contributed by atoms with Crippen molar-refractivity contribution in [3.63, 3.8) is 0 Å². The van der Waals surface area contributed by atoms with Gasteiger partial charge in [0.15, 0.2) is 11.5 Å². The van der Waals surface area contributed by atoms with Gasteiger partial charge in [0.2, 0.25) is 0 Å². The number of hydrogen-bond acceptors (Lipinski definition) is 5. The molecule has 2 rings (SSSR count). The lowest BCUT2D eigenvalue weighted by molar-refractivity contribution is 0.0367. The number of aromatic hydroxyl groups is 1. The minimum Gasteiger partial charge on any atom is -0.504 e. The van der Waals surface area contributed by atoms with Crippen molar-refractivity contribution in [1.82, 2.24) is 0 Å². The van der Waals surface area contributed by atoms with E-state index in [0.717, 1.165) is 24.8 Å². The van der Waals surface area contributed by atoms with Crippen LogP contribution >= 0.6 is 0 Å². The highest BCUT2D eigenvalue weighted by molar-refractivity contribution is 5.90. The van der Waals surface area contributed by atoms with Crippen molar-refractivity contribution < 1.29 is 24.5 Å². The number of methoxy groups -OCH3 is 1. The van der Waals surface area contributed by atoms with Gasteiger partial charge in [0.1, 0.15) is 6.10 Å². The largest absolute Gasteiger partial charge is 0.504 e. The molecule has 0 amide bonds. The molecule has 0 saturated heterocycles. The van der Waals surface area contributed by atoms with Crippen LogP contribution in [0.2, 0.25) is 0 Å². The van der Waals surface area contributed by atoms with Gasteiger partial charge in [-0.05, 0) is 62.3 Å². The van der Waals surface area contributed by atoms with Crippen LogP contribution in [0.25, 0.3) is 0 Å². The summed E-state index contributed by atoms with van der Waals surface area (Å²) in [6, 6.07) is 4.37. The number of phenols is 1. The van der Waals surface area contributed by atoms with Crippen molar-refractivity contribution >= 4 is 5.97 Å². The number of ether oxygens (including phenoxy) is 2. The van der Waals surface area contributed by atoms with Gasteiger partial charge >= 0.3 is 5.97 Å². The molecule has 1 aliphatic carbocycles. The van der Waals surface area contributed by atoms with E-state index in [0.29, 0.717) is 12.0 Å². The highest BCUT2D eigenvalue weighted by atomic mass is 16.5. The fourth-order valence-corrected chi connectivity index (χ4v) is 3.29. The lowest BCUT2D eigenvalue weighted by Gasteiger charge is -2.29. The van der Waals surface area contributed by atoms with Crippen molar-refractivity contribution in [2.75, 3.05) is 7.11 Å². The topological polar surface area (TPSA) is 76.0 Å². The second-order valence-electron chi connectivity index (χ2n) is 8.26. The number of aliphatic hydroxyl groups is 1. The Kier molecular flexibility index (Phi) is 7.30. The van der Waals surface area contributed by atoms with Gasteiger partial charge in [0.25, 0.3) is 0 Å². The van der Waals surface area contributed by atoms with Crippen molar-refractivity contribution in [2.45, 2.75) is 65.6 Å². The molecule has 0 radical (unpaired) electrons. The zero-order valence-electron chi connectivity index (χ0n) is 17.5. The molecule has 28 heavy (non-hydrogen) atoms. The van der Waals surface area contributed by atoms with Gasteiger partial charge in [0, 0.05) is 6.42 Å². The molecule has 0 aliphatic heterocycles. The summed E-state index contributed by atoms with van der Waals surface area (Å²) in [7, 11) is 1.43. The van der Waals surface area contributed by atoms with Crippen LogP contribution in [0.4, 0.5) is 0 Å². The molecule has 1 aliphatic rings. The summed E-state index contributed by atoms with van der Waals surface area (Å²) in [6.45, 7) is 8.09. The second-order valence-corrected chi connectivity index (χ2v) is 8.26. The Morgan fingerprint density at radius 2 is 1.96 bits per heavy atom. The number of carbonyl (C=O) groups is 1. The monoisotopic (exact) mass is 388 g/mol. The number of esters is 1. The third kappa shape index (κ3) is 5.61. The van der Waals surface area contributed by atoms with E-state index in [1.807, 2.05) is 13.0 Å². The Morgan fingerprint density at radius 3 is 2.64 bits per heavy atom. The lowest BCUT2D eigenvalue weighted by Crippen LogP contribution is -2.29. The predicted octanol–water partition coefficient (Wildman–Crippen LogP) is 4.78. The second kappa shape index (κ2) is 9.28. The van der Waals surface area contributed by atoms with Crippen LogP contribution in [0.15, 0.2) is 41.5 Å². The van der Waals surface area contributed by atoms with E-state index in [9.17, 15) is 15.0 Å². The number of rotatable bonds is 3. The normalized spacial score (nSPS) is 26.8. The van der Waals surface area contributed by atoms with E-state index >= 15 is 0 Å². The molecule has 2 atom stereocenters. The number of allylic oxidation sites excluding steroid dienone is 1. The molecular formula is C23H32O5. The Balaban J connectivity index is 2.28. The molecule has 154 valence electrons. The van der Waals surface area contributed by atoms with Crippen LogP contribution in [0.1, 0.15) is 63.7 Å². The Bertz CT molecular complexity index is 760. The summed E-state index contributed by atoms with van der Waals surface area (Å²) in [6.07, 6.45) is 6.29. The zero-order valence-corrected chi connectivity index (χ0v) is 17.5. The number of carbonyl (C=O) groups excluding carboxylic acids is 1. The Hall–Kier alpha value is -2.27. The minimum absolute atomic E-state index is 0.0334. The maximum absolute atomic E-state index is 12.7. The smallest absolute Gasteiger partial charge is 0.338 e. The summed E-state index contributed by atoms with van der Waals surface area (Å²) >= 11 is 0. The Morgan fingerprint density at radius 1 is 1.25 bits per heavy atom. The van der Waals surface area contributed by atoms with Crippen LogP contribution in [0.5, 0.6) is 11.5 Å². The third-order valence-corrected chi connectivity index (χ3v) is 5.47. The van der Waals surface area contributed by atoms with E-state index in [1.165, 1.54) is 30.9 Å². The minimum atomic E-state index is -0.610. The highest BCUT2D eigenvalue weighted by Crippen LogP contribution is 2.32. The molecule has 1 aromatic rings. The van der Waals surface area contributed by atoms with E-state index in [-0.39, 0.29) is 16.9 Å². The lowest BCUT2D eigenvalue weighted by atomic mass is 9.80. The summed E-state index contributed by atoms with van der Waals surface area (Å²) in [5.74, 6) is -0.309. The Labute approximate surface area is 167 Å². The predicted molar refractivity (Wildman–Crippen MR) is 110 cm³/mol. The summed E-state index contributed by atoms with van der Waals surface area (Å²) in [5, 5.41) is 20.4. The van der Waals surface area contributed by atoms with Gasteiger partial charge in [0.05, 0.1) is 18.8 Å². The fraction of sp³-hybridized carbons (Fsp3) is 0.522. The first-order chi connectivity index (χ1) is 13.1. The van der Waals surface area contributed by atoms with Gasteiger partial charge in [-0.3, -0.25) is 0 Å². The standard InChI is InChI=1S/C23H32O5/c1-15-7-6-12-23(3,4)21(25)13-16(2)19(11-8-15)28-22(26)17-9-10-18(24)20(14-17)27-5/h8-10,13-14,19,21,24-25H,6-7,11-12H2,1-5H3/b15-8+,16-13+/t19-,21+/m1/s1. The number of phenolic OH excluding ortho intramolecular Hbond substituents is 1. The van der Waals surface area contributed by atoms with Gasteiger partial charge in [-0.15, -0.1) is 0 Å². The maximum atomic E-state index is 12.7. The summed E-state index contributed by atoms with van der Waals surface area (Å²) < 4.78 is 10.8. The highest BCUT2D eigenvalue weighted by Gasteiger charge is 2.28. The van der Waals surface area contributed by atoms with Crippen LogP contribution in [-0.4, -0.2) is 35.5 Å². The average molecular weight is 389 g/mol. The molecule has 0 bridgehead atoms. The summed E-state index contributed by atoms with van der Waals surface area (Å²) in [4.78, 5) is 12.7. The number of hydrogen-bond donors (Lipinski definition) is 2. The molecule has 0 aromatic heterocycles. The van der Waals surface area contributed by atoms with E-state index in [2.05, 4.69) is 26.8 Å². The quantitative estimate of drug-likeness (QED) is 0.576. The van der Waals surface area contributed by atoms with Crippen molar-refractivity contribution in [2.24, 2.45) is 5.41 Å². The molecule has 2 N–H and O–H groups in total. The molecule has 5 heteroatoms. The van der Waals surface area contributed by atoms with Crippen LogP contribution in [0.3, 0.4) is 0 Å². The van der Waals surface area contributed by atoms with Gasteiger partial charge in [-0.25, -0.2) is 4.79 Å². The zero-order chi connectivity index (χ0) is 20.9. The van der Waals surface area contributed by atoms with E-state index < -0.39 is 18.2 Å². The van der Waals surface area contributed by atoms with Crippen LogP contribution in [0, 0.1) is 5.41 Å². The van der Waals surface area contributed by atoms with Crippen molar-refractivity contribution in [3.05, 3.63) is 47.1 Å². The fourth-order valence-electron chi connectivity index (χ4n) is 3.29. The first-order valence-electron chi connectivity index (χ1n) is 9.74. The van der Waals surface area contributed by atoms with Crippen LogP contribution < -0.4 is 4.74 Å². The van der Waals surface area contributed by atoms with Gasteiger partial charge < -0.3 is 19.7 Å². The van der Waals surface area contributed by atoms with Crippen molar-refractivity contribution in [1.29, 1.82) is 0 Å². The molecule has 0 saturated carbocycles. The average Bonchev–Trinajstić information content (AvgIpc) is 2.65. The van der Waals surface area contributed by atoms with Crippen LogP contribution in [-0.2, 0) is 4.74 Å². The van der Waals surface area contributed by atoms with Gasteiger partial charge in [-0.1, -0.05) is 31.6 Å². The summed E-state index contributed by atoms with van der Waals surface area (Å²) in [5.41, 5.74) is 2.14. The van der Waals surface area contributed by atoms with E-state index in [4.69, 9.17) is 9.47 Å². The van der Waals surface area contributed by atoms with E-state index in [1.54, 1.807) is 0 Å². The molecular weight excluding hydrogens is 356 g/mol. The first kappa shape index (κ1) is 22.0. The number of aliphatic hydroxyl groups excluding tert-OH is 1. The molecule has 0 heterocycles. The first-order valence-corrected chi connectivity index (χ1v) is 9.74. The molecule has 0 fully saturated rings.